The number of para-hydroxylation sites is 1. The number of benzene rings is 2. The lowest BCUT2D eigenvalue weighted by Crippen LogP contribution is -2.24. The number of alkyl carbamates (subject to hydrolysis) is 1. The molecule has 1 amide bonds. The molecule has 0 bridgehead atoms. The van der Waals surface area contributed by atoms with Crippen molar-refractivity contribution in [2.24, 2.45) is 0 Å². The molecule has 4 nitrogen and oxygen atoms in total. The SMILES string of the molecule is COc1c(F)cccc1C=CCCNC(=O)OCc1ccccc1. The maximum Gasteiger partial charge on any atom is 0.407 e. The Balaban J connectivity index is 1.71. The molecule has 0 fully saturated rings. The third-order valence-corrected chi connectivity index (χ3v) is 3.29. The summed E-state index contributed by atoms with van der Waals surface area (Å²) < 4.78 is 23.7. The molecule has 0 spiro atoms. The minimum Gasteiger partial charge on any atom is -0.493 e. The first-order chi connectivity index (χ1) is 11.7. The van der Waals surface area contributed by atoms with Crippen LogP contribution < -0.4 is 10.1 Å². The summed E-state index contributed by atoms with van der Waals surface area (Å²) in [6, 6.07) is 14.2. The Morgan fingerprint density at radius 1 is 1.17 bits per heavy atom. The number of methoxy groups -OCH3 is 1. The largest absolute Gasteiger partial charge is 0.493 e. The number of hydrogen-bond donors (Lipinski definition) is 1. The molecule has 0 aliphatic carbocycles. The minimum atomic E-state index is -0.462. The van der Waals surface area contributed by atoms with Crippen LogP contribution in [0.25, 0.3) is 6.08 Å². The first-order valence-electron chi connectivity index (χ1n) is 7.64. The quantitative estimate of drug-likeness (QED) is 0.776. The lowest BCUT2D eigenvalue weighted by Gasteiger charge is -2.06. The topological polar surface area (TPSA) is 47.6 Å². The van der Waals surface area contributed by atoms with E-state index in [4.69, 9.17) is 9.47 Å². The molecule has 0 aliphatic rings. The van der Waals surface area contributed by atoms with Gasteiger partial charge in [-0.05, 0) is 18.1 Å². The fourth-order valence-corrected chi connectivity index (χ4v) is 2.11. The zero-order valence-corrected chi connectivity index (χ0v) is 13.5. The van der Waals surface area contributed by atoms with Crippen LogP contribution in [0.3, 0.4) is 0 Å². The van der Waals surface area contributed by atoms with Crippen molar-refractivity contribution in [3.8, 4) is 5.75 Å². The Bertz CT molecular complexity index is 686. The zero-order valence-electron chi connectivity index (χ0n) is 13.5. The lowest BCUT2D eigenvalue weighted by molar-refractivity contribution is 0.140. The van der Waals surface area contributed by atoms with Gasteiger partial charge in [-0.3, -0.25) is 0 Å². The third kappa shape index (κ3) is 5.43. The molecular weight excluding hydrogens is 309 g/mol. The highest BCUT2D eigenvalue weighted by Crippen LogP contribution is 2.23. The number of carbonyl (C=O) groups excluding carboxylic acids is 1. The predicted octanol–water partition coefficient (Wildman–Crippen LogP) is 4.16. The molecule has 24 heavy (non-hydrogen) atoms. The Morgan fingerprint density at radius 2 is 1.96 bits per heavy atom. The van der Waals surface area contributed by atoms with Crippen LogP contribution in [-0.4, -0.2) is 19.7 Å². The number of carbonyl (C=O) groups is 1. The van der Waals surface area contributed by atoms with Crippen molar-refractivity contribution in [2.75, 3.05) is 13.7 Å². The van der Waals surface area contributed by atoms with Crippen LogP contribution in [-0.2, 0) is 11.3 Å². The van der Waals surface area contributed by atoms with Crippen molar-refractivity contribution in [1.82, 2.24) is 5.32 Å². The number of nitrogens with one attached hydrogen (secondary N) is 1. The highest BCUT2D eigenvalue weighted by Gasteiger charge is 2.05. The summed E-state index contributed by atoms with van der Waals surface area (Å²) in [6.07, 6.45) is 3.74. The second-order valence-corrected chi connectivity index (χ2v) is 5.04. The molecule has 126 valence electrons. The second kappa shape index (κ2) is 9.35. The van der Waals surface area contributed by atoms with E-state index in [0.717, 1.165) is 5.56 Å². The van der Waals surface area contributed by atoms with Gasteiger partial charge in [-0.2, -0.15) is 0 Å². The highest BCUT2D eigenvalue weighted by molar-refractivity contribution is 5.67. The first-order valence-corrected chi connectivity index (χ1v) is 7.64. The van der Waals surface area contributed by atoms with Gasteiger partial charge in [0.2, 0.25) is 0 Å². The van der Waals surface area contributed by atoms with Gasteiger partial charge in [0.1, 0.15) is 6.61 Å². The Labute approximate surface area is 140 Å². The van der Waals surface area contributed by atoms with Gasteiger partial charge in [0.15, 0.2) is 11.6 Å². The molecule has 0 saturated heterocycles. The van der Waals surface area contributed by atoms with Gasteiger partial charge in [0, 0.05) is 12.1 Å². The molecule has 2 rings (SSSR count). The van der Waals surface area contributed by atoms with E-state index < -0.39 is 11.9 Å². The van der Waals surface area contributed by atoms with Crippen molar-refractivity contribution in [3.05, 3.63) is 71.6 Å². The molecule has 2 aromatic rings. The second-order valence-electron chi connectivity index (χ2n) is 5.04. The summed E-state index contributed by atoms with van der Waals surface area (Å²) in [5.74, 6) is -0.189. The van der Waals surface area contributed by atoms with E-state index in [2.05, 4.69) is 5.32 Å². The summed E-state index contributed by atoms with van der Waals surface area (Å²) in [5, 5.41) is 2.66. The van der Waals surface area contributed by atoms with E-state index in [0.29, 0.717) is 18.5 Å². The average Bonchev–Trinajstić information content (AvgIpc) is 2.60. The lowest BCUT2D eigenvalue weighted by atomic mass is 10.1. The summed E-state index contributed by atoms with van der Waals surface area (Å²) >= 11 is 0. The van der Waals surface area contributed by atoms with Crippen molar-refractivity contribution in [1.29, 1.82) is 0 Å². The normalized spacial score (nSPS) is 10.6. The minimum absolute atomic E-state index is 0.212. The Hall–Kier alpha value is -2.82. The molecule has 0 atom stereocenters. The van der Waals surface area contributed by atoms with E-state index in [1.807, 2.05) is 36.4 Å². The van der Waals surface area contributed by atoms with Crippen molar-refractivity contribution >= 4 is 12.2 Å². The zero-order chi connectivity index (χ0) is 17.2. The monoisotopic (exact) mass is 329 g/mol. The summed E-state index contributed by atoms with van der Waals surface area (Å²) in [6.45, 7) is 0.671. The smallest absolute Gasteiger partial charge is 0.407 e. The number of halogens is 1. The Morgan fingerprint density at radius 3 is 2.71 bits per heavy atom. The van der Waals surface area contributed by atoms with Crippen molar-refractivity contribution in [2.45, 2.75) is 13.0 Å². The molecule has 5 heteroatoms. The molecule has 0 radical (unpaired) electrons. The first kappa shape index (κ1) is 17.5. The predicted molar refractivity (Wildman–Crippen MR) is 91.2 cm³/mol. The van der Waals surface area contributed by atoms with Crippen molar-refractivity contribution in [3.63, 3.8) is 0 Å². The van der Waals surface area contributed by atoms with Crippen LogP contribution in [0, 0.1) is 5.82 Å². The molecule has 0 saturated carbocycles. The fourth-order valence-electron chi connectivity index (χ4n) is 2.11. The number of ether oxygens (including phenoxy) is 2. The summed E-state index contributed by atoms with van der Waals surface area (Å²) in [5.41, 5.74) is 1.59. The van der Waals surface area contributed by atoms with E-state index in [-0.39, 0.29) is 12.4 Å². The van der Waals surface area contributed by atoms with E-state index in [1.54, 1.807) is 18.2 Å². The standard InChI is InChI=1S/C19H20FNO3/c1-23-18-16(11-7-12-17(18)20)10-5-6-13-21-19(22)24-14-15-8-3-2-4-9-15/h2-5,7-12H,6,13-14H2,1H3,(H,21,22). The van der Waals surface area contributed by atoms with Crippen LogP contribution >= 0.6 is 0 Å². The van der Waals surface area contributed by atoms with Crippen LogP contribution in [0.5, 0.6) is 5.75 Å². The number of hydrogen-bond acceptors (Lipinski definition) is 3. The number of amides is 1. The van der Waals surface area contributed by atoms with Gasteiger partial charge in [-0.25, -0.2) is 9.18 Å². The Kier molecular flexibility index (Phi) is 6.83. The molecule has 0 aromatic heterocycles. The van der Waals surface area contributed by atoms with Crippen LogP contribution in [0.15, 0.2) is 54.6 Å². The van der Waals surface area contributed by atoms with Crippen LogP contribution in [0.4, 0.5) is 9.18 Å². The number of rotatable bonds is 7. The maximum absolute atomic E-state index is 13.5. The molecule has 1 N–H and O–H groups in total. The van der Waals surface area contributed by atoms with E-state index in [1.165, 1.54) is 13.2 Å². The van der Waals surface area contributed by atoms with Crippen LogP contribution in [0.1, 0.15) is 17.5 Å². The van der Waals surface area contributed by atoms with Gasteiger partial charge in [-0.15, -0.1) is 0 Å². The van der Waals surface area contributed by atoms with Crippen LogP contribution in [0.2, 0.25) is 0 Å². The molecular formula is C19H20FNO3. The fraction of sp³-hybridized carbons (Fsp3) is 0.211. The highest BCUT2D eigenvalue weighted by atomic mass is 19.1. The summed E-state index contributed by atoms with van der Waals surface area (Å²) in [4.78, 5) is 11.6. The van der Waals surface area contributed by atoms with E-state index in [9.17, 15) is 9.18 Å². The van der Waals surface area contributed by atoms with Gasteiger partial charge >= 0.3 is 6.09 Å². The molecule has 0 aliphatic heterocycles. The van der Waals surface area contributed by atoms with Gasteiger partial charge in [0.05, 0.1) is 7.11 Å². The average molecular weight is 329 g/mol. The molecule has 2 aromatic carbocycles. The summed E-state index contributed by atoms with van der Waals surface area (Å²) in [7, 11) is 1.43. The third-order valence-electron chi connectivity index (χ3n) is 3.29. The molecule has 0 unspecified atom stereocenters. The van der Waals surface area contributed by atoms with Crippen molar-refractivity contribution < 1.29 is 18.7 Å². The van der Waals surface area contributed by atoms with Gasteiger partial charge in [0.25, 0.3) is 0 Å². The maximum atomic E-state index is 13.5. The van der Waals surface area contributed by atoms with E-state index >= 15 is 0 Å². The van der Waals surface area contributed by atoms with Gasteiger partial charge < -0.3 is 14.8 Å². The van der Waals surface area contributed by atoms with Gasteiger partial charge in [-0.1, -0.05) is 54.6 Å². The molecule has 0 heterocycles.